The Morgan fingerprint density at radius 2 is 2.07 bits per heavy atom. The number of hydrogen-bond donors (Lipinski definition) is 3. The van der Waals surface area contributed by atoms with Crippen LogP contribution in [0.5, 0.6) is 0 Å². The van der Waals surface area contributed by atoms with Gasteiger partial charge in [-0.2, -0.15) is 5.10 Å². The van der Waals surface area contributed by atoms with Crippen molar-refractivity contribution in [3.05, 3.63) is 39.3 Å². The smallest absolute Gasteiger partial charge is 0.261 e. The summed E-state index contributed by atoms with van der Waals surface area (Å²) in [6, 6.07) is 3.06. The van der Waals surface area contributed by atoms with Crippen LogP contribution in [0.4, 0.5) is 0 Å². The number of nitrogens with zero attached hydrogens (tertiary/aromatic N) is 1. The Morgan fingerprint density at radius 1 is 1.26 bits per heavy atom. The zero-order chi connectivity index (χ0) is 19.2. The summed E-state index contributed by atoms with van der Waals surface area (Å²) in [6.07, 6.45) is 6.23. The van der Waals surface area contributed by atoms with Crippen LogP contribution < -0.4 is 10.6 Å². The van der Waals surface area contributed by atoms with E-state index in [1.165, 1.54) is 41.9 Å². The van der Waals surface area contributed by atoms with E-state index in [9.17, 15) is 9.59 Å². The Morgan fingerprint density at radius 3 is 2.81 bits per heavy atom. The maximum Gasteiger partial charge on any atom is 0.261 e. The summed E-state index contributed by atoms with van der Waals surface area (Å²) in [4.78, 5) is 25.7. The van der Waals surface area contributed by atoms with Crippen molar-refractivity contribution in [2.75, 3.05) is 0 Å². The molecule has 27 heavy (non-hydrogen) atoms. The quantitative estimate of drug-likeness (QED) is 0.637. The maximum absolute atomic E-state index is 12.8. The van der Waals surface area contributed by atoms with E-state index >= 15 is 0 Å². The van der Waals surface area contributed by atoms with E-state index in [1.54, 1.807) is 6.07 Å². The predicted molar refractivity (Wildman–Crippen MR) is 107 cm³/mol. The lowest BCUT2D eigenvalue weighted by Gasteiger charge is -2.20. The van der Waals surface area contributed by atoms with Gasteiger partial charge < -0.3 is 10.6 Å². The Labute approximate surface area is 164 Å². The molecule has 7 heteroatoms. The topological polar surface area (TPSA) is 86.9 Å². The number of fused-ring (bicyclic) bond motifs is 1. The summed E-state index contributed by atoms with van der Waals surface area (Å²) < 4.78 is 0. The van der Waals surface area contributed by atoms with E-state index in [-0.39, 0.29) is 11.8 Å². The van der Waals surface area contributed by atoms with Gasteiger partial charge in [-0.25, -0.2) is 0 Å². The van der Waals surface area contributed by atoms with Crippen LogP contribution in [0.25, 0.3) is 0 Å². The Bertz CT molecular complexity index is 767. The van der Waals surface area contributed by atoms with Crippen molar-refractivity contribution in [3.63, 3.8) is 0 Å². The van der Waals surface area contributed by atoms with E-state index in [4.69, 9.17) is 0 Å². The molecule has 0 radical (unpaired) electrons. The van der Waals surface area contributed by atoms with Gasteiger partial charge in [-0.05, 0) is 55.0 Å². The van der Waals surface area contributed by atoms with E-state index < -0.39 is 6.04 Å². The van der Waals surface area contributed by atoms with Gasteiger partial charge in [-0.15, -0.1) is 11.3 Å². The Balaban J connectivity index is 1.62. The number of H-pyrrole nitrogens is 1. The number of hydrogen-bond acceptors (Lipinski definition) is 4. The lowest BCUT2D eigenvalue weighted by molar-refractivity contribution is -0.123. The van der Waals surface area contributed by atoms with E-state index in [0.29, 0.717) is 23.8 Å². The summed E-state index contributed by atoms with van der Waals surface area (Å²) >= 11 is 1.37. The van der Waals surface area contributed by atoms with E-state index in [1.807, 2.05) is 25.3 Å². The number of amides is 2. The molecular weight excluding hydrogens is 360 g/mol. The molecule has 146 valence electrons. The highest BCUT2D eigenvalue weighted by atomic mass is 32.1. The van der Waals surface area contributed by atoms with Crippen LogP contribution in [0.3, 0.4) is 0 Å². The van der Waals surface area contributed by atoms with Crippen LogP contribution in [-0.4, -0.2) is 28.1 Å². The molecule has 3 rings (SSSR count). The largest absolute Gasteiger partial charge is 0.349 e. The molecule has 2 heterocycles. The van der Waals surface area contributed by atoms with E-state index in [0.717, 1.165) is 18.5 Å². The van der Waals surface area contributed by atoms with Gasteiger partial charge in [0.1, 0.15) is 6.04 Å². The molecular formula is C20H28N4O2S. The van der Waals surface area contributed by atoms with Gasteiger partial charge in [-0.3, -0.25) is 14.7 Å². The van der Waals surface area contributed by atoms with Crippen LogP contribution >= 0.6 is 11.3 Å². The van der Waals surface area contributed by atoms with Crippen LogP contribution in [0, 0.1) is 5.92 Å². The van der Waals surface area contributed by atoms with Crippen molar-refractivity contribution in [1.29, 1.82) is 0 Å². The minimum absolute atomic E-state index is 0.154. The van der Waals surface area contributed by atoms with Crippen molar-refractivity contribution in [2.45, 2.75) is 65.0 Å². The highest BCUT2D eigenvalue weighted by Gasteiger charge is 2.24. The molecule has 2 amide bonds. The first-order chi connectivity index (χ1) is 13.0. The Kier molecular flexibility index (Phi) is 6.66. The highest BCUT2D eigenvalue weighted by Crippen LogP contribution is 2.21. The molecule has 3 N–H and O–H groups in total. The van der Waals surface area contributed by atoms with Gasteiger partial charge in [0, 0.05) is 5.69 Å². The molecule has 0 bridgehead atoms. The standard InChI is InChI=1S/C20H28N4O2S/c1-13(2)11-16(22-20(26)18-9-6-10-27-18)19(25)21-12-17-14-7-4-3-5-8-15(14)23-24-17/h6,9-10,13,16H,3-5,7-8,11-12H2,1-2H3,(H,21,25)(H,22,26)(H,23,24). The zero-order valence-corrected chi connectivity index (χ0v) is 16.8. The third-order valence-electron chi connectivity index (χ3n) is 4.90. The third kappa shape index (κ3) is 5.19. The number of thiophene rings is 1. The second-order valence-electron chi connectivity index (χ2n) is 7.54. The van der Waals surface area contributed by atoms with Gasteiger partial charge >= 0.3 is 0 Å². The molecule has 2 aromatic rings. The fraction of sp³-hybridized carbons (Fsp3) is 0.550. The number of carbonyl (C=O) groups excluding carboxylic acids is 2. The molecule has 1 aliphatic rings. The molecule has 1 atom stereocenters. The fourth-order valence-electron chi connectivity index (χ4n) is 3.51. The average molecular weight is 389 g/mol. The summed E-state index contributed by atoms with van der Waals surface area (Å²) in [5.74, 6) is -0.0514. The number of rotatable bonds is 7. The first-order valence-electron chi connectivity index (χ1n) is 9.71. The second kappa shape index (κ2) is 9.17. The maximum atomic E-state index is 12.8. The molecule has 2 aromatic heterocycles. The van der Waals surface area contributed by atoms with Gasteiger partial charge in [0.05, 0.1) is 17.1 Å². The van der Waals surface area contributed by atoms with Crippen LogP contribution in [-0.2, 0) is 24.2 Å². The lowest BCUT2D eigenvalue weighted by atomic mass is 10.0. The van der Waals surface area contributed by atoms with Crippen molar-refractivity contribution >= 4 is 23.2 Å². The summed E-state index contributed by atoms with van der Waals surface area (Å²) in [6.45, 7) is 4.49. The minimum Gasteiger partial charge on any atom is -0.349 e. The average Bonchev–Trinajstić information content (AvgIpc) is 3.24. The molecule has 1 aliphatic carbocycles. The molecule has 0 spiro atoms. The first kappa shape index (κ1) is 19.6. The third-order valence-corrected chi connectivity index (χ3v) is 5.76. The summed E-state index contributed by atoms with van der Waals surface area (Å²) in [7, 11) is 0. The van der Waals surface area contributed by atoms with Crippen molar-refractivity contribution < 1.29 is 9.59 Å². The number of carbonyl (C=O) groups is 2. The minimum atomic E-state index is -0.544. The van der Waals surface area contributed by atoms with Gasteiger partial charge in [-0.1, -0.05) is 26.3 Å². The van der Waals surface area contributed by atoms with Crippen LogP contribution in [0.15, 0.2) is 17.5 Å². The Hall–Kier alpha value is -2.15. The summed E-state index contributed by atoms with van der Waals surface area (Å²) in [5, 5.41) is 15.3. The predicted octanol–water partition coefficient (Wildman–Crippen LogP) is 3.20. The number of aromatic amines is 1. The van der Waals surface area contributed by atoms with Crippen LogP contribution in [0.2, 0.25) is 0 Å². The van der Waals surface area contributed by atoms with Gasteiger partial charge in [0.25, 0.3) is 5.91 Å². The zero-order valence-electron chi connectivity index (χ0n) is 16.0. The van der Waals surface area contributed by atoms with Crippen molar-refractivity contribution in [1.82, 2.24) is 20.8 Å². The molecule has 1 unspecified atom stereocenters. The second-order valence-corrected chi connectivity index (χ2v) is 8.49. The number of aryl methyl sites for hydroxylation is 1. The lowest BCUT2D eigenvalue weighted by Crippen LogP contribution is -2.47. The fourth-order valence-corrected chi connectivity index (χ4v) is 4.13. The molecule has 0 saturated carbocycles. The van der Waals surface area contributed by atoms with Crippen molar-refractivity contribution in [3.8, 4) is 0 Å². The number of aromatic nitrogens is 2. The first-order valence-corrected chi connectivity index (χ1v) is 10.6. The molecule has 0 aromatic carbocycles. The molecule has 0 aliphatic heterocycles. The SMILES string of the molecule is CC(C)CC(NC(=O)c1cccs1)C(=O)NCc1n[nH]c2c1CCCCC2. The number of nitrogens with one attached hydrogen (secondary N) is 3. The molecule has 6 nitrogen and oxygen atoms in total. The monoisotopic (exact) mass is 388 g/mol. The van der Waals surface area contributed by atoms with Crippen molar-refractivity contribution in [2.24, 2.45) is 5.92 Å². The van der Waals surface area contributed by atoms with Gasteiger partial charge in [0.2, 0.25) is 5.91 Å². The normalized spacial score (nSPS) is 15.1. The summed E-state index contributed by atoms with van der Waals surface area (Å²) in [5.41, 5.74) is 3.39. The highest BCUT2D eigenvalue weighted by molar-refractivity contribution is 7.12. The van der Waals surface area contributed by atoms with E-state index in [2.05, 4.69) is 20.8 Å². The molecule has 0 fully saturated rings. The van der Waals surface area contributed by atoms with Gasteiger partial charge in [0.15, 0.2) is 0 Å². The van der Waals surface area contributed by atoms with Crippen LogP contribution in [0.1, 0.15) is 66.2 Å². The molecule has 0 saturated heterocycles.